The Morgan fingerprint density at radius 1 is 0.969 bits per heavy atom. The smallest absolute Gasteiger partial charge is 0.248 e. The summed E-state index contributed by atoms with van der Waals surface area (Å²) in [5, 5.41) is 0. The zero-order valence-corrected chi connectivity index (χ0v) is 19.0. The Morgan fingerprint density at radius 2 is 1.72 bits per heavy atom. The minimum atomic E-state index is 0.0379. The highest BCUT2D eigenvalue weighted by Gasteiger charge is 2.25. The topological polar surface area (TPSA) is 58.6 Å². The van der Waals surface area contributed by atoms with Crippen molar-refractivity contribution in [2.24, 2.45) is 0 Å². The van der Waals surface area contributed by atoms with Crippen molar-refractivity contribution in [2.75, 3.05) is 44.8 Å². The fourth-order valence-corrected chi connectivity index (χ4v) is 4.15. The first-order valence-electron chi connectivity index (χ1n) is 11.1. The maximum Gasteiger partial charge on any atom is 0.248 e. The van der Waals surface area contributed by atoms with E-state index < -0.39 is 0 Å². The maximum absolute atomic E-state index is 12.2. The molecule has 6 heteroatoms. The van der Waals surface area contributed by atoms with Gasteiger partial charge in [0, 0.05) is 56.5 Å². The van der Waals surface area contributed by atoms with Crippen LogP contribution in [0.4, 0.5) is 5.82 Å². The molecule has 166 valence electrons. The molecule has 0 spiro atoms. The van der Waals surface area contributed by atoms with Gasteiger partial charge in [0.15, 0.2) is 5.82 Å². The molecule has 1 aromatic heterocycles. The van der Waals surface area contributed by atoms with E-state index in [2.05, 4.69) is 61.2 Å². The average Bonchev–Trinajstić information content (AvgIpc) is 2.81. The number of ether oxygens (including phenoxy) is 1. The van der Waals surface area contributed by atoms with Gasteiger partial charge in [-0.25, -0.2) is 9.97 Å². The lowest BCUT2D eigenvalue weighted by atomic mass is 10.0. The van der Waals surface area contributed by atoms with Crippen molar-refractivity contribution in [1.29, 1.82) is 0 Å². The molecule has 6 nitrogen and oxygen atoms in total. The lowest BCUT2D eigenvalue weighted by molar-refractivity contribution is -0.135. The summed E-state index contributed by atoms with van der Waals surface area (Å²) >= 11 is 0. The van der Waals surface area contributed by atoms with Gasteiger partial charge in [-0.1, -0.05) is 54.1 Å². The Morgan fingerprint density at radius 3 is 2.41 bits per heavy atom. The number of methoxy groups -OCH3 is 1. The summed E-state index contributed by atoms with van der Waals surface area (Å²) in [4.78, 5) is 26.3. The summed E-state index contributed by atoms with van der Waals surface area (Å²) < 4.78 is 5.02. The molecule has 1 saturated heterocycles. The Hall–Kier alpha value is -3.25. The van der Waals surface area contributed by atoms with Crippen molar-refractivity contribution >= 4 is 11.7 Å². The van der Waals surface area contributed by atoms with E-state index in [-0.39, 0.29) is 12.5 Å². The molecule has 32 heavy (non-hydrogen) atoms. The molecule has 0 bridgehead atoms. The van der Waals surface area contributed by atoms with E-state index in [1.165, 1.54) is 11.1 Å². The van der Waals surface area contributed by atoms with Crippen LogP contribution in [0.25, 0.3) is 11.4 Å². The summed E-state index contributed by atoms with van der Waals surface area (Å²) in [5.74, 6) is 1.75. The molecule has 1 fully saturated rings. The predicted octanol–water partition coefficient (Wildman–Crippen LogP) is 3.65. The molecular formula is C26H30N4O2. The quantitative estimate of drug-likeness (QED) is 0.598. The Labute approximate surface area is 189 Å². The molecule has 1 aliphatic heterocycles. The van der Waals surface area contributed by atoms with Gasteiger partial charge in [0.2, 0.25) is 5.91 Å². The first kappa shape index (κ1) is 22.0. The molecule has 0 atom stereocenters. The number of carbonyl (C=O) groups is 1. The zero-order valence-electron chi connectivity index (χ0n) is 19.0. The number of nitrogens with zero attached hydrogens (tertiary/aromatic N) is 4. The second-order valence-electron chi connectivity index (χ2n) is 8.27. The van der Waals surface area contributed by atoms with Gasteiger partial charge in [0.05, 0.1) is 0 Å². The van der Waals surface area contributed by atoms with E-state index in [0.29, 0.717) is 13.1 Å². The van der Waals surface area contributed by atoms with E-state index in [1.807, 2.05) is 17.0 Å². The van der Waals surface area contributed by atoms with Gasteiger partial charge in [0.1, 0.15) is 12.4 Å². The molecule has 0 aliphatic carbocycles. The number of piperazine rings is 1. The summed E-state index contributed by atoms with van der Waals surface area (Å²) in [5.41, 5.74) is 5.58. The highest BCUT2D eigenvalue weighted by molar-refractivity contribution is 5.77. The molecule has 2 aromatic carbocycles. The van der Waals surface area contributed by atoms with Crippen LogP contribution in [0, 0.1) is 13.8 Å². The molecule has 0 radical (unpaired) electrons. The molecule has 1 amide bonds. The first-order valence-corrected chi connectivity index (χ1v) is 11.1. The molecule has 0 saturated carbocycles. The van der Waals surface area contributed by atoms with Gasteiger partial charge >= 0.3 is 0 Å². The van der Waals surface area contributed by atoms with Crippen molar-refractivity contribution < 1.29 is 9.53 Å². The van der Waals surface area contributed by atoms with Crippen LogP contribution in [0.3, 0.4) is 0 Å². The minimum absolute atomic E-state index is 0.0379. The van der Waals surface area contributed by atoms with Crippen molar-refractivity contribution in [1.82, 2.24) is 14.9 Å². The lowest BCUT2D eigenvalue weighted by Gasteiger charge is -2.36. The van der Waals surface area contributed by atoms with E-state index >= 15 is 0 Å². The highest BCUT2D eigenvalue weighted by atomic mass is 16.5. The number of aromatic nitrogens is 2. The van der Waals surface area contributed by atoms with Crippen LogP contribution >= 0.6 is 0 Å². The van der Waals surface area contributed by atoms with Crippen LogP contribution in [0.15, 0.2) is 54.6 Å². The van der Waals surface area contributed by atoms with E-state index in [0.717, 1.165) is 48.0 Å². The summed E-state index contributed by atoms with van der Waals surface area (Å²) in [7, 11) is 1.56. The molecule has 1 aliphatic rings. The third-order valence-electron chi connectivity index (χ3n) is 5.89. The van der Waals surface area contributed by atoms with E-state index in [1.54, 1.807) is 7.11 Å². The molecule has 0 N–H and O–H groups in total. The molecule has 3 aromatic rings. The molecular weight excluding hydrogens is 400 g/mol. The lowest BCUT2D eigenvalue weighted by Crippen LogP contribution is -2.50. The fraction of sp³-hybridized carbons (Fsp3) is 0.346. The van der Waals surface area contributed by atoms with Gasteiger partial charge in [0.25, 0.3) is 0 Å². The van der Waals surface area contributed by atoms with Crippen molar-refractivity contribution in [2.45, 2.75) is 20.3 Å². The second kappa shape index (κ2) is 9.92. The molecule has 0 unspecified atom stereocenters. The normalized spacial score (nSPS) is 14.0. The minimum Gasteiger partial charge on any atom is -0.375 e. The highest BCUT2D eigenvalue weighted by Crippen LogP contribution is 2.28. The largest absolute Gasteiger partial charge is 0.375 e. The number of carbonyl (C=O) groups excluding carboxylic acids is 1. The second-order valence-corrected chi connectivity index (χ2v) is 8.27. The van der Waals surface area contributed by atoms with Crippen LogP contribution in [0.5, 0.6) is 0 Å². The number of aryl methyl sites for hydroxylation is 2. The van der Waals surface area contributed by atoms with Gasteiger partial charge in [-0.2, -0.15) is 0 Å². The first-order chi connectivity index (χ1) is 15.5. The number of rotatable bonds is 6. The van der Waals surface area contributed by atoms with Crippen LogP contribution in [-0.4, -0.2) is 60.7 Å². The number of hydrogen-bond donors (Lipinski definition) is 0. The SMILES string of the molecule is COCC(=O)N1CCN(c2nc(-c3cccc(C)c3)nc(C)c2Cc2ccccc2)CC1. The maximum atomic E-state index is 12.2. The van der Waals surface area contributed by atoms with Gasteiger partial charge in [-0.05, 0) is 25.5 Å². The standard InChI is InChI=1S/C26H30N4O2/c1-19-8-7-11-22(16-19)25-27-20(2)23(17-21-9-5-4-6-10-21)26(28-25)30-14-12-29(13-15-30)24(31)18-32-3/h4-11,16H,12-15,17-18H2,1-3H3. The number of benzene rings is 2. The van der Waals surface area contributed by atoms with Crippen molar-refractivity contribution in [3.63, 3.8) is 0 Å². The van der Waals surface area contributed by atoms with Gasteiger partial charge in [-0.3, -0.25) is 4.79 Å². The summed E-state index contributed by atoms with van der Waals surface area (Å²) in [6, 6.07) is 18.7. The fourth-order valence-electron chi connectivity index (χ4n) is 4.15. The summed E-state index contributed by atoms with van der Waals surface area (Å²) in [6.45, 7) is 7.08. The average molecular weight is 431 g/mol. The Balaban J connectivity index is 1.68. The summed E-state index contributed by atoms with van der Waals surface area (Å²) in [6.07, 6.45) is 0.777. The third kappa shape index (κ3) is 4.97. The van der Waals surface area contributed by atoms with Gasteiger partial charge < -0.3 is 14.5 Å². The third-order valence-corrected chi connectivity index (χ3v) is 5.89. The van der Waals surface area contributed by atoms with Gasteiger partial charge in [-0.15, -0.1) is 0 Å². The zero-order chi connectivity index (χ0) is 22.5. The van der Waals surface area contributed by atoms with Crippen LogP contribution < -0.4 is 4.90 Å². The monoisotopic (exact) mass is 430 g/mol. The van der Waals surface area contributed by atoms with Crippen LogP contribution in [-0.2, 0) is 16.0 Å². The number of hydrogen-bond acceptors (Lipinski definition) is 5. The number of amides is 1. The number of anilines is 1. The van der Waals surface area contributed by atoms with E-state index in [4.69, 9.17) is 14.7 Å². The van der Waals surface area contributed by atoms with Crippen LogP contribution in [0.2, 0.25) is 0 Å². The Bertz CT molecular complexity index is 1080. The van der Waals surface area contributed by atoms with Crippen molar-refractivity contribution in [3.8, 4) is 11.4 Å². The predicted molar refractivity (Wildman–Crippen MR) is 127 cm³/mol. The van der Waals surface area contributed by atoms with Crippen molar-refractivity contribution in [3.05, 3.63) is 77.0 Å². The molecule has 4 rings (SSSR count). The molecule has 2 heterocycles. The van der Waals surface area contributed by atoms with E-state index in [9.17, 15) is 4.79 Å². The van der Waals surface area contributed by atoms with Crippen LogP contribution in [0.1, 0.15) is 22.4 Å². The Kier molecular flexibility index (Phi) is 6.81.